The molecule has 3 rings (SSSR count). The molecule has 0 unspecified atom stereocenters. The molecule has 1 aromatic carbocycles. The third-order valence-electron chi connectivity index (χ3n) is 4.51. The molecule has 26 heavy (non-hydrogen) atoms. The number of carboxylic acid groups (broad SMARTS) is 1. The van der Waals surface area contributed by atoms with E-state index < -0.39 is 5.97 Å². The van der Waals surface area contributed by atoms with Crippen molar-refractivity contribution in [1.29, 1.82) is 0 Å². The van der Waals surface area contributed by atoms with Crippen molar-refractivity contribution in [3.63, 3.8) is 0 Å². The Balaban J connectivity index is 1.50. The zero-order valence-corrected chi connectivity index (χ0v) is 14.7. The number of nitrogens with zero attached hydrogens (tertiary/aromatic N) is 4. The third kappa shape index (κ3) is 4.20. The van der Waals surface area contributed by atoms with Gasteiger partial charge in [-0.2, -0.15) is 5.10 Å². The average Bonchev–Trinajstić information content (AvgIpc) is 3.11. The van der Waals surface area contributed by atoms with Crippen LogP contribution in [0.15, 0.2) is 36.5 Å². The Kier molecular flexibility index (Phi) is 5.52. The first-order chi connectivity index (χ1) is 12.6. The van der Waals surface area contributed by atoms with Gasteiger partial charge in [-0.1, -0.05) is 12.1 Å². The summed E-state index contributed by atoms with van der Waals surface area (Å²) in [5, 5.41) is 13.0. The average molecular weight is 358 g/mol. The van der Waals surface area contributed by atoms with Crippen LogP contribution >= 0.6 is 0 Å². The minimum absolute atomic E-state index is 0.0245. The number of hydrogen-bond acceptors (Lipinski definition) is 5. The number of ether oxygens (including phenoxy) is 1. The van der Waals surface area contributed by atoms with Gasteiger partial charge in [-0.3, -0.25) is 9.69 Å². The molecule has 8 heteroatoms. The fourth-order valence-electron chi connectivity index (χ4n) is 3.01. The number of carbonyl (C=O) groups excluding carboxylic acids is 1. The monoisotopic (exact) mass is 358 g/mol. The second-order valence-corrected chi connectivity index (χ2v) is 6.18. The Morgan fingerprint density at radius 2 is 1.81 bits per heavy atom. The minimum Gasteiger partial charge on any atom is -0.497 e. The van der Waals surface area contributed by atoms with E-state index in [4.69, 9.17) is 9.84 Å². The van der Waals surface area contributed by atoms with Crippen molar-refractivity contribution in [3.05, 3.63) is 47.8 Å². The van der Waals surface area contributed by atoms with Gasteiger partial charge in [-0.25, -0.2) is 9.48 Å². The van der Waals surface area contributed by atoms with Crippen molar-refractivity contribution in [2.45, 2.75) is 13.1 Å². The van der Waals surface area contributed by atoms with Crippen LogP contribution in [0, 0.1) is 0 Å². The summed E-state index contributed by atoms with van der Waals surface area (Å²) < 4.78 is 6.39. The number of aromatic nitrogens is 2. The van der Waals surface area contributed by atoms with Crippen LogP contribution in [0.25, 0.3) is 0 Å². The van der Waals surface area contributed by atoms with Crippen molar-refractivity contribution >= 4 is 11.9 Å². The molecule has 8 nitrogen and oxygen atoms in total. The van der Waals surface area contributed by atoms with E-state index in [1.165, 1.54) is 22.5 Å². The summed E-state index contributed by atoms with van der Waals surface area (Å²) in [5.41, 5.74) is 1.23. The first kappa shape index (κ1) is 17.9. The highest BCUT2D eigenvalue weighted by atomic mass is 16.5. The van der Waals surface area contributed by atoms with E-state index in [1.807, 2.05) is 24.3 Å². The smallest absolute Gasteiger partial charge is 0.354 e. The zero-order chi connectivity index (χ0) is 18.5. The van der Waals surface area contributed by atoms with E-state index in [0.29, 0.717) is 13.1 Å². The van der Waals surface area contributed by atoms with Gasteiger partial charge in [0.15, 0.2) is 0 Å². The molecule has 0 spiro atoms. The van der Waals surface area contributed by atoms with Crippen molar-refractivity contribution in [3.8, 4) is 5.75 Å². The number of piperazine rings is 1. The number of benzene rings is 1. The SMILES string of the molecule is COc1ccc(CN2CCN(C(=O)Cn3nccc3C(=O)O)CC2)cc1. The maximum Gasteiger partial charge on any atom is 0.354 e. The number of rotatable bonds is 6. The van der Waals surface area contributed by atoms with E-state index in [1.54, 1.807) is 12.0 Å². The molecule has 0 radical (unpaired) electrons. The van der Waals surface area contributed by atoms with Crippen LogP contribution in [-0.2, 0) is 17.9 Å². The van der Waals surface area contributed by atoms with Crippen LogP contribution in [0.3, 0.4) is 0 Å². The van der Waals surface area contributed by atoms with Gasteiger partial charge < -0.3 is 14.7 Å². The molecule has 0 bridgehead atoms. The van der Waals surface area contributed by atoms with Crippen LogP contribution in [0.2, 0.25) is 0 Å². The number of carbonyl (C=O) groups is 2. The van der Waals surface area contributed by atoms with Gasteiger partial charge in [-0.05, 0) is 23.8 Å². The minimum atomic E-state index is -1.08. The van der Waals surface area contributed by atoms with Crippen molar-refractivity contribution in [2.24, 2.45) is 0 Å². The second-order valence-electron chi connectivity index (χ2n) is 6.18. The topological polar surface area (TPSA) is 87.9 Å². The molecule has 0 atom stereocenters. The van der Waals surface area contributed by atoms with Crippen molar-refractivity contribution in [2.75, 3.05) is 33.3 Å². The Hall–Kier alpha value is -2.87. The molecule has 1 amide bonds. The summed E-state index contributed by atoms with van der Waals surface area (Å²) in [6, 6.07) is 9.36. The predicted octanol–water partition coefficient (Wildman–Crippen LogP) is 0.934. The Labute approximate surface area is 151 Å². The zero-order valence-electron chi connectivity index (χ0n) is 14.7. The van der Waals surface area contributed by atoms with Crippen LogP contribution in [0.4, 0.5) is 0 Å². The summed E-state index contributed by atoms with van der Waals surface area (Å²) in [6.45, 7) is 3.59. The highest BCUT2D eigenvalue weighted by Gasteiger charge is 2.22. The molecule has 1 aromatic heterocycles. The molecule has 1 fully saturated rings. The molecule has 2 heterocycles. The van der Waals surface area contributed by atoms with Crippen LogP contribution < -0.4 is 4.74 Å². The molecule has 1 aliphatic heterocycles. The highest BCUT2D eigenvalue weighted by Crippen LogP contribution is 2.14. The van der Waals surface area contributed by atoms with E-state index in [-0.39, 0.29) is 18.1 Å². The Bertz CT molecular complexity index is 764. The fourth-order valence-corrected chi connectivity index (χ4v) is 3.01. The number of hydrogen-bond donors (Lipinski definition) is 1. The Morgan fingerprint density at radius 1 is 1.12 bits per heavy atom. The summed E-state index contributed by atoms with van der Waals surface area (Å²) in [4.78, 5) is 27.6. The molecular weight excluding hydrogens is 336 g/mol. The van der Waals surface area contributed by atoms with Crippen LogP contribution in [0.5, 0.6) is 5.75 Å². The normalized spacial score (nSPS) is 15.0. The van der Waals surface area contributed by atoms with Crippen molar-refractivity contribution in [1.82, 2.24) is 19.6 Å². The number of methoxy groups -OCH3 is 1. The first-order valence-corrected chi connectivity index (χ1v) is 8.45. The van der Waals surface area contributed by atoms with E-state index in [9.17, 15) is 9.59 Å². The van der Waals surface area contributed by atoms with Crippen molar-refractivity contribution < 1.29 is 19.4 Å². The molecule has 138 valence electrons. The quantitative estimate of drug-likeness (QED) is 0.827. The van der Waals surface area contributed by atoms with Gasteiger partial charge in [-0.15, -0.1) is 0 Å². The molecule has 1 aliphatic rings. The summed E-state index contributed by atoms with van der Waals surface area (Å²) in [5.74, 6) is -0.358. The van der Waals surface area contributed by atoms with Crippen LogP contribution in [0.1, 0.15) is 16.1 Å². The lowest BCUT2D eigenvalue weighted by Gasteiger charge is -2.34. The molecular formula is C18H22N4O4. The maximum absolute atomic E-state index is 12.4. The van der Waals surface area contributed by atoms with Gasteiger partial charge in [0.1, 0.15) is 18.0 Å². The van der Waals surface area contributed by atoms with E-state index >= 15 is 0 Å². The molecule has 2 aromatic rings. The number of carboxylic acids is 1. The molecule has 1 saturated heterocycles. The summed E-state index contributed by atoms with van der Waals surface area (Å²) >= 11 is 0. The maximum atomic E-state index is 12.4. The Morgan fingerprint density at radius 3 is 2.42 bits per heavy atom. The molecule has 1 N–H and O–H groups in total. The first-order valence-electron chi connectivity index (χ1n) is 8.45. The highest BCUT2D eigenvalue weighted by molar-refractivity contribution is 5.86. The molecule has 0 saturated carbocycles. The largest absolute Gasteiger partial charge is 0.497 e. The standard InChI is InChI=1S/C18H22N4O4/c1-26-15-4-2-14(3-5-15)12-20-8-10-21(11-9-20)17(23)13-22-16(18(24)25)6-7-19-22/h2-7H,8-13H2,1H3,(H,24,25). The lowest BCUT2D eigenvalue weighted by Crippen LogP contribution is -2.49. The van der Waals surface area contributed by atoms with Crippen LogP contribution in [-0.4, -0.2) is 69.9 Å². The van der Waals surface area contributed by atoms with Gasteiger partial charge in [0.2, 0.25) is 5.91 Å². The van der Waals surface area contributed by atoms with E-state index in [2.05, 4.69) is 10.00 Å². The third-order valence-corrected chi connectivity index (χ3v) is 4.51. The number of aromatic carboxylic acids is 1. The fraction of sp³-hybridized carbons (Fsp3) is 0.389. The predicted molar refractivity (Wildman–Crippen MR) is 94.0 cm³/mol. The lowest BCUT2D eigenvalue weighted by atomic mass is 10.2. The number of amides is 1. The second kappa shape index (κ2) is 8.01. The van der Waals surface area contributed by atoms with Gasteiger partial charge in [0, 0.05) is 38.9 Å². The van der Waals surface area contributed by atoms with Gasteiger partial charge >= 0.3 is 5.97 Å². The van der Waals surface area contributed by atoms with Gasteiger partial charge in [0.25, 0.3) is 0 Å². The van der Waals surface area contributed by atoms with Gasteiger partial charge in [0.05, 0.1) is 7.11 Å². The lowest BCUT2D eigenvalue weighted by molar-refractivity contribution is -0.133. The van der Waals surface area contributed by atoms with E-state index in [0.717, 1.165) is 25.4 Å². The summed E-state index contributed by atoms with van der Waals surface area (Å²) in [6.07, 6.45) is 1.39. The summed E-state index contributed by atoms with van der Waals surface area (Å²) in [7, 11) is 1.65. The molecule has 0 aliphatic carbocycles.